The molecule has 0 aromatic rings. The normalized spacial score (nSPS) is 48.0. The van der Waals surface area contributed by atoms with Crippen LogP contribution < -0.4 is 0 Å². The molecule has 0 aliphatic carbocycles. The molecular formula is C9H15ClO3. The van der Waals surface area contributed by atoms with Crippen LogP contribution in [-0.4, -0.2) is 29.7 Å². The zero-order chi connectivity index (χ0) is 9.64. The quantitative estimate of drug-likeness (QED) is 0.614. The summed E-state index contributed by atoms with van der Waals surface area (Å²) in [7, 11) is 0. The van der Waals surface area contributed by atoms with E-state index in [2.05, 4.69) is 6.92 Å². The molecule has 0 radical (unpaired) electrons. The van der Waals surface area contributed by atoms with Crippen molar-refractivity contribution in [2.24, 2.45) is 0 Å². The van der Waals surface area contributed by atoms with Gasteiger partial charge >= 0.3 is 0 Å². The first-order chi connectivity index (χ1) is 6.03. The molecule has 0 aromatic carbocycles. The van der Waals surface area contributed by atoms with Crippen molar-refractivity contribution in [3.8, 4) is 0 Å². The summed E-state index contributed by atoms with van der Waals surface area (Å²) in [5.41, 5.74) is -0.364. The Morgan fingerprint density at radius 2 is 1.85 bits per heavy atom. The van der Waals surface area contributed by atoms with Crippen molar-refractivity contribution in [3.05, 3.63) is 0 Å². The standard InChI is InChI=1S/C9H15ClO3/c1-4-5-6-7(8(10)11-5)13-9(2,3)12-6/h5-8H,4H2,1-3H3/t5-,6+,7+,8-/m0/s1. The van der Waals surface area contributed by atoms with Gasteiger partial charge < -0.3 is 14.2 Å². The van der Waals surface area contributed by atoms with Crippen LogP contribution in [0, 0.1) is 0 Å². The second kappa shape index (κ2) is 3.09. The molecule has 76 valence electrons. The van der Waals surface area contributed by atoms with Gasteiger partial charge in [-0.05, 0) is 20.3 Å². The second-order valence-corrected chi connectivity index (χ2v) is 4.43. The van der Waals surface area contributed by atoms with Crippen molar-refractivity contribution in [3.63, 3.8) is 0 Å². The Bertz CT molecular complexity index is 207. The predicted molar refractivity (Wildman–Crippen MR) is 48.6 cm³/mol. The Morgan fingerprint density at radius 3 is 2.46 bits per heavy atom. The van der Waals surface area contributed by atoms with Crippen molar-refractivity contribution < 1.29 is 14.2 Å². The summed E-state index contributed by atoms with van der Waals surface area (Å²) in [6.07, 6.45) is 0.877. The number of hydrogen-bond acceptors (Lipinski definition) is 3. The van der Waals surface area contributed by atoms with Gasteiger partial charge in [0.1, 0.15) is 12.2 Å². The lowest BCUT2D eigenvalue weighted by Gasteiger charge is -2.21. The zero-order valence-corrected chi connectivity index (χ0v) is 8.88. The minimum Gasteiger partial charge on any atom is -0.354 e. The average molecular weight is 207 g/mol. The Hall–Kier alpha value is 0.170. The molecule has 0 amide bonds. The van der Waals surface area contributed by atoms with Crippen molar-refractivity contribution in [1.29, 1.82) is 0 Å². The molecular weight excluding hydrogens is 192 g/mol. The van der Waals surface area contributed by atoms with E-state index in [4.69, 9.17) is 25.8 Å². The highest BCUT2D eigenvalue weighted by Gasteiger charge is 2.53. The maximum atomic E-state index is 5.99. The highest BCUT2D eigenvalue weighted by Crippen LogP contribution is 2.40. The van der Waals surface area contributed by atoms with Crippen LogP contribution >= 0.6 is 11.6 Å². The summed E-state index contributed by atoms with van der Waals surface area (Å²) in [6, 6.07) is 0. The maximum absolute atomic E-state index is 5.99. The lowest BCUT2D eigenvalue weighted by Crippen LogP contribution is -2.28. The molecule has 2 heterocycles. The van der Waals surface area contributed by atoms with Crippen LogP contribution in [0.3, 0.4) is 0 Å². The summed E-state index contributed by atoms with van der Waals surface area (Å²) in [4.78, 5) is 0. The van der Waals surface area contributed by atoms with Gasteiger partial charge in [0, 0.05) is 0 Å². The Labute approximate surface area is 83.3 Å². The number of fused-ring (bicyclic) bond motifs is 1. The van der Waals surface area contributed by atoms with Crippen LogP contribution in [0.2, 0.25) is 0 Å². The van der Waals surface area contributed by atoms with E-state index in [1.165, 1.54) is 0 Å². The smallest absolute Gasteiger partial charge is 0.164 e. The van der Waals surface area contributed by atoms with Gasteiger partial charge in [0.15, 0.2) is 11.4 Å². The molecule has 0 N–H and O–H groups in total. The molecule has 0 bridgehead atoms. The first kappa shape index (κ1) is 9.71. The van der Waals surface area contributed by atoms with Gasteiger partial charge in [-0.2, -0.15) is 0 Å². The first-order valence-corrected chi connectivity index (χ1v) is 5.12. The van der Waals surface area contributed by atoms with E-state index in [9.17, 15) is 0 Å². The van der Waals surface area contributed by atoms with E-state index in [1.54, 1.807) is 0 Å². The lowest BCUT2D eigenvalue weighted by molar-refractivity contribution is -0.179. The second-order valence-electron chi connectivity index (χ2n) is 4.00. The molecule has 0 spiro atoms. The lowest BCUT2D eigenvalue weighted by atomic mass is 10.1. The molecule has 0 unspecified atom stereocenters. The van der Waals surface area contributed by atoms with E-state index in [1.807, 2.05) is 13.8 Å². The number of alkyl halides is 1. The molecule has 2 saturated heterocycles. The van der Waals surface area contributed by atoms with E-state index in [0.717, 1.165) is 6.42 Å². The highest BCUT2D eigenvalue weighted by atomic mass is 35.5. The van der Waals surface area contributed by atoms with E-state index in [-0.39, 0.29) is 23.9 Å². The Kier molecular flexibility index (Phi) is 2.31. The number of halogens is 1. The van der Waals surface area contributed by atoms with Crippen LogP contribution in [0.4, 0.5) is 0 Å². The number of rotatable bonds is 1. The molecule has 3 nitrogen and oxygen atoms in total. The summed E-state index contributed by atoms with van der Waals surface area (Å²) in [5, 5.41) is 0. The van der Waals surface area contributed by atoms with Gasteiger partial charge in [-0.15, -0.1) is 0 Å². The summed E-state index contributed by atoms with van der Waals surface area (Å²) in [6.45, 7) is 5.87. The average Bonchev–Trinajstić information content (AvgIpc) is 2.47. The molecule has 2 fully saturated rings. The third kappa shape index (κ3) is 1.59. The Morgan fingerprint density at radius 1 is 1.23 bits per heavy atom. The number of hydrogen-bond donors (Lipinski definition) is 0. The zero-order valence-electron chi connectivity index (χ0n) is 8.12. The summed E-state index contributed by atoms with van der Waals surface area (Å²) < 4.78 is 16.8. The van der Waals surface area contributed by atoms with E-state index >= 15 is 0 Å². The molecule has 4 atom stereocenters. The van der Waals surface area contributed by atoms with Gasteiger partial charge in [0.25, 0.3) is 0 Å². The van der Waals surface area contributed by atoms with Crippen LogP contribution in [0.25, 0.3) is 0 Å². The van der Waals surface area contributed by atoms with E-state index in [0.29, 0.717) is 0 Å². The summed E-state index contributed by atoms with van der Waals surface area (Å²) in [5.74, 6) is -0.514. The SMILES string of the molecule is CC[C@@H]1O[C@H](Cl)[C@@H]2OC(C)(C)O[C@@H]21. The molecule has 0 saturated carbocycles. The van der Waals surface area contributed by atoms with Gasteiger partial charge in [-0.1, -0.05) is 18.5 Å². The van der Waals surface area contributed by atoms with Crippen molar-refractivity contribution in [2.75, 3.05) is 0 Å². The van der Waals surface area contributed by atoms with Crippen molar-refractivity contribution in [2.45, 2.75) is 56.9 Å². The highest BCUT2D eigenvalue weighted by molar-refractivity contribution is 6.20. The first-order valence-electron chi connectivity index (χ1n) is 4.68. The molecule has 2 aliphatic heterocycles. The molecule has 4 heteroatoms. The molecule has 13 heavy (non-hydrogen) atoms. The van der Waals surface area contributed by atoms with Gasteiger partial charge in [0.05, 0.1) is 6.10 Å². The third-order valence-corrected chi connectivity index (χ3v) is 2.85. The summed E-state index contributed by atoms with van der Waals surface area (Å²) >= 11 is 5.99. The Balaban J connectivity index is 2.12. The topological polar surface area (TPSA) is 27.7 Å². The predicted octanol–water partition coefficient (Wildman–Crippen LogP) is 1.88. The van der Waals surface area contributed by atoms with Crippen LogP contribution in [0.1, 0.15) is 27.2 Å². The fourth-order valence-electron chi connectivity index (χ4n) is 1.96. The minimum absolute atomic E-state index is 0.00231. The van der Waals surface area contributed by atoms with Crippen LogP contribution in [0.15, 0.2) is 0 Å². The fraction of sp³-hybridized carbons (Fsp3) is 1.00. The minimum atomic E-state index is -0.514. The molecule has 2 aliphatic rings. The third-order valence-electron chi connectivity index (χ3n) is 2.50. The molecule has 0 aromatic heterocycles. The van der Waals surface area contributed by atoms with Crippen LogP contribution in [-0.2, 0) is 14.2 Å². The fourth-order valence-corrected chi connectivity index (χ4v) is 2.28. The molecule has 2 rings (SSSR count). The van der Waals surface area contributed by atoms with E-state index < -0.39 is 5.79 Å². The van der Waals surface area contributed by atoms with Gasteiger partial charge in [-0.25, -0.2) is 0 Å². The van der Waals surface area contributed by atoms with Crippen LogP contribution in [0.5, 0.6) is 0 Å². The monoisotopic (exact) mass is 206 g/mol. The maximum Gasteiger partial charge on any atom is 0.164 e. The van der Waals surface area contributed by atoms with Crippen molar-refractivity contribution in [1.82, 2.24) is 0 Å². The van der Waals surface area contributed by atoms with Crippen molar-refractivity contribution >= 4 is 11.6 Å². The van der Waals surface area contributed by atoms with Gasteiger partial charge in [-0.3, -0.25) is 0 Å². The largest absolute Gasteiger partial charge is 0.354 e. The number of ether oxygens (including phenoxy) is 3. The van der Waals surface area contributed by atoms with Gasteiger partial charge in [0.2, 0.25) is 0 Å².